The molecule has 0 aliphatic carbocycles. The number of amides is 1. The number of benzene rings is 3. The van der Waals surface area contributed by atoms with E-state index in [1.54, 1.807) is 6.07 Å². The van der Waals surface area contributed by atoms with Crippen LogP contribution >= 0.6 is 11.3 Å². The van der Waals surface area contributed by atoms with Gasteiger partial charge in [0.25, 0.3) is 0 Å². The molecule has 1 saturated heterocycles. The number of fused-ring (bicyclic) bond motifs is 6. The molecule has 4 heterocycles. The second-order valence-electron chi connectivity index (χ2n) is 11.1. The van der Waals surface area contributed by atoms with E-state index >= 15 is 0 Å². The third-order valence-corrected chi connectivity index (χ3v) is 9.67. The fraction of sp³-hybridized carbons (Fsp3) is 0.206. The van der Waals surface area contributed by atoms with Crippen LogP contribution in [0.3, 0.4) is 0 Å². The van der Waals surface area contributed by atoms with Crippen molar-refractivity contribution in [3.8, 4) is 0 Å². The number of carbonyl (C=O) groups is 3. The first-order valence-electron chi connectivity index (χ1n) is 13.5. The van der Waals surface area contributed by atoms with E-state index in [0.717, 1.165) is 33.5 Å². The first-order chi connectivity index (χ1) is 19.3. The van der Waals surface area contributed by atoms with Crippen molar-refractivity contribution in [3.05, 3.63) is 123 Å². The van der Waals surface area contributed by atoms with Crippen LogP contribution in [0.4, 0.5) is 11.4 Å². The Morgan fingerprint density at radius 3 is 2.38 bits per heavy atom. The SMILES string of the molecule is CC1=C[C@H]2N(c3ccc(C)cc31)[C@H](C(=O)c1ccc(C)cc1)[C@H](C(=O)c1cccs1)[C@]21C(=O)Nc2ccccc21. The Kier molecular flexibility index (Phi) is 5.48. The molecule has 0 bridgehead atoms. The normalized spacial score (nSPS) is 24.3. The Balaban J connectivity index is 1.56. The number of hydrogen-bond acceptors (Lipinski definition) is 5. The summed E-state index contributed by atoms with van der Waals surface area (Å²) in [5.41, 5.74) is 5.78. The summed E-state index contributed by atoms with van der Waals surface area (Å²) in [5, 5.41) is 4.96. The molecular formula is C34H28N2O3S. The largest absolute Gasteiger partial charge is 0.352 e. The Hall–Kier alpha value is -4.29. The molecule has 1 aromatic heterocycles. The highest BCUT2D eigenvalue weighted by Crippen LogP contribution is 2.59. The lowest BCUT2D eigenvalue weighted by Crippen LogP contribution is -2.51. The van der Waals surface area contributed by atoms with Gasteiger partial charge in [-0.15, -0.1) is 11.3 Å². The molecule has 0 saturated carbocycles. The van der Waals surface area contributed by atoms with Crippen LogP contribution in [0.25, 0.3) is 5.57 Å². The molecular weight excluding hydrogens is 516 g/mol. The number of aryl methyl sites for hydroxylation is 2. The highest BCUT2D eigenvalue weighted by Gasteiger charge is 2.70. The highest BCUT2D eigenvalue weighted by molar-refractivity contribution is 7.12. The van der Waals surface area contributed by atoms with Crippen molar-refractivity contribution in [3.63, 3.8) is 0 Å². The number of anilines is 2. The first kappa shape index (κ1) is 24.7. The van der Waals surface area contributed by atoms with Gasteiger partial charge >= 0.3 is 0 Å². The van der Waals surface area contributed by atoms with Crippen LogP contribution in [0.5, 0.6) is 0 Å². The van der Waals surface area contributed by atoms with Gasteiger partial charge in [-0.25, -0.2) is 0 Å². The van der Waals surface area contributed by atoms with E-state index in [4.69, 9.17) is 0 Å². The molecule has 6 heteroatoms. The van der Waals surface area contributed by atoms with Gasteiger partial charge in [0.15, 0.2) is 11.6 Å². The van der Waals surface area contributed by atoms with Crippen molar-refractivity contribution in [2.45, 2.75) is 38.3 Å². The summed E-state index contributed by atoms with van der Waals surface area (Å²) in [6.07, 6.45) is 2.10. The summed E-state index contributed by atoms with van der Waals surface area (Å²) in [5.74, 6) is -1.52. The minimum atomic E-state index is -1.29. The van der Waals surface area contributed by atoms with Crippen molar-refractivity contribution >= 4 is 45.8 Å². The number of ketones is 2. The summed E-state index contributed by atoms with van der Waals surface area (Å²) < 4.78 is 0. The van der Waals surface area contributed by atoms with Crippen LogP contribution in [0, 0.1) is 19.8 Å². The Morgan fingerprint density at radius 1 is 0.875 bits per heavy atom. The average molecular weight is 545 g/mol. The monoisotopic (exact) mass is 544 g/mol. The van der Waals surface area contributed by atoms with Crippen LogP contribution in [0.15, 0.2) is 90.3 Å². The molecule has 40 heavy (non-hydrogen) atoms. The van der Waals surface area contributed by atoms with Crippen molar-refractivity contribution in [2.75, 3.05) is 10.2 Å². The van der Waals surface area contributed by atoms with Gasteiger partial charge < -0.3 is 10.2 Å². The Labute approximate surface area is 237 Å². The zero-order chi connectivity index (χ0) is 27.8. The summed E-state index contributed by atoms with van der Waals surface area (Å²) >= 11 is 1.35. The van der Waals surface area contributed by atoms with Gasteiger partial charge in [-0.1, -0.05) is 71.8 Å². The zero-order valence-corrected chi connectivity index (χ0v) is 23.3. The predicted molar refractivity (Wildman–Crippen MR) is 159 cm³/mol. The van der Waals surface area contributed by atoms with Crippen molar-refractivity contribution in [1.82, 2.24) is 0 Å². The van der Waals surface area contributed by atoms with E-state index in [1.807, 2.05) is 92.9 Å². The fourth-order valence-electron chi connectivity index (χ4n) is 7.01. The maximum absolute atomic E-state index is 14.7. The van der Waals surface area contributed by atoms with Gasteiger partial charge in [0.2, 0.25) is 5.91 Å². The number of rotatable bonds is 4. The number of hydrogen-bond donors (Lipinski definition) is 1. The topological polar surface area (TPSA) is 66.5 Å². The van der Waals surface area contributed by atoms with Gasteiger partial charge in [0.05, 0.1) is 16.8 Å². The van der Waals surface area contributed by atoms with Gasteiger partial charge in [0.1, 0.15) is 11.5 Å². The second-order valence-corrected chi connectivity index (χ2v) is 12.0. The standard InChI is InChI=1S/C34H28N2O3S/c1-19-10-13-22(14-11-19)31(37)30-29(32(38)27-9-6-16-40-27)34(24-7-4-5-8-25(24)35-33(34)39)28-18-21(3)23-17-20(2)12-15-26(23)36(28)30/h4-18,28-30H,1-3H3,(H,35,39)/t28-,29-,30+,34-/m1/s1. The molecule has 3 aliphatic heterocycles. The molecule has 1 spiro atoms. The van der Waals surface area contributed by atoms with Gasteiger partial charge in [-0.05, 0) is 61.6 Å². The maximum atomic E-state index is 14.7. The zero-order valence-electron chi connectivity index (χ0n) is 22.5. The van der Waals surface area contributed by atoms with Gasteiger partial charge in [-0.2, -0.15) is 0 Å². The number of para-hydroxylation sites is 1. The van der Waals surface area contributed by atoms with E-state index < -0.39 is 23.4 Å². The van der Waals surface area contributed by atoms with Crippen LogP contribution in [0.2, 0.25) is 0 Å². The Morgan fingerprint density at radius 2 is 1.62 bits per heavy atom. The molecule has 1 amide bonds. The second kappa shape index (κ2) is 8.86. The molecule has 1 N–H and O–H groups in total. The lowest BCUT2D eigenvalue weighted by molar-refractivity contribution is -0.121. The molecule has 7 rings (SSSR count). The molecule has 4 aromatic rings. The number of thiophene rings is 1. The molecule has 0 unspecified atom stereocenters. The number of nitrogens with one attached hydrogen (secondary N) is 1. The summed E-state index contributed by atoms with van der Waals surface area (Å²) in [6, 6.07) is 23.5. The number of Topliss-reactive ketones (excluding diaryl/α,β-unsaturated/α-hetero) is 2. The lowest BCUT2D eigenvalue weighted by atomic mass is 9.64. The van der Waals surface area contributed by atoms with E-state index in [0.29, 0.717) is 16.1 Å². The number of nitrogens with zero attached hydrogens (tertiary/aromatic N) is 1. The minimum absolute atomic E-state index is 0.159. The smallest absolute Gasteiger partial charge is 0.238 e. The molecule has 3 aromatic carbocycles. The van der Waals surface area contributed by atoms with Crippen molar-refractivity contribution in [1.29, 1.82) is 0 Å². The number of carbonyl (C=O) groups excluding carboxylic acids is 3. The van der Waals surface area contributed by atoms with E-state index in [9.17, 15) is 14.4 Å². The van der Waals surface area contributed by atoms with Crippen molar-refractivity contribution < 1.29 is 14.4 Å². The molecule has 3 aliphatic rings. The molecule has 4 atom stereocenters. The molecule has 1 fully saturated rings. The van der Waals surface area contributed by atoms with Gasteiger partial charge in [-0.3, -0.25) is 14.4 Å². The summed E-state index contributed by atoms with van der Waals surface area (Å²) in [4.78, 5) is 46.3. The highest BCUT2D eigenvalue weighted by atomic mass is 32.1. The van der Waals surface area contributed by atoms with E-state index in [2.05, 4.69) is 22.4 Å². The molecule has 5 nitrogen and oxygen atoms in total. The lowest BCUT2D eigenvalue weighted by Gasteiger charge is -2.39. The molecule has 0 radical (unpaired) electrons. The van der Waals surface area contributed by atoms with Crippen LogP contribution in [0.1, 0.15) is 49.2 Å². The summed E-state index contributed by atoms with van der Waals surface area (Å²) in [6.45, 7) is 6.08. The average Bonchev–Trinajstić information content (AvgIpc) is 3.66. The van der Waals surface area contributed by atoms with Crippen LogP contribution in [-0.4, -0.2) is 29.6 Å². The third-order valence-electron chi connectivity index (χ3n) is 8.78. The predicted octanol–water partition coefficient (Wildman–Crippen LogP) is 6.61. The quantitative estimate of drug-likeness (QED) is 0.294. The van der Waals surface area contributed by atoms with Gasteiger partial charge in [0, 0.05) is 22.5 Å². The minimum Gasteiger partial charge on any atom is -0.352 e. The van der Waals surface area contributed by atoms with E-state index in [-0.39, 0.29) is 17.5 Å². The number of allylic oxidation sites excluding steroid dienone is 1. The summed E-state index contributed by atoms with van der Waals surface area (Å²) in [7, 11) is 0. The molecule has 198 valence electrons. The maximum Gasteiger partial charge on any atom is 0.238 e. The fourth-order valence-corrected chi connectivity index (χ4v) is 7.71. The van der Waals surface area contributed by atoms with Crippen LogP contribution in [-0.2, 0) is 10.2 Å². The third kappa shape index (κ3) is 3.29. The first-order valence-corrected chi connectivity index (χ1v) is 14.4. The van der Waals surface area contributed by atoms with Crippen LogP contribution < -0.4 is 10.2 Å². The van der Waals surface area contributed by atoms with E-state index in [1.165, 1.54) is 11.3 Å². The van der Waals surface area contributed by atoms with Crippen molar-refractivity contribution in [2.24, 2.45) is 5.92 Å². The Bertz CT molecular complexity index is 1740.